The Balaban J connectivity index is 1.45. The summed E-state index contributed by atoms with van der Waals surface area (Å²) in [6, 6.07) is 9.54. The van der Waals surface area contributed by atoms with Gasteiger partial charge in [0.05, 0.1) is 6.61 Å². The molecule has 0 bridgehead atoms. The third-order valence-electron chi connectivity index (χ3n) is 6.14. The van der Waals surface area contributed by atoms with E-state index in [-0.39, 0.29) is 0 Å². The summed E-state index contributed by atoms with van der Waals surface area (Å²) in [5.74, 6) is 0.899. The number of nitrogens with zero attached hydrogens (tertiary/aromatic N) is 2. The van der Waals surface area contributed by atoms with Crippen LogP contribution in [0.5, 0.6) is 5.75 Å². The van der Waals surface area contributed by atoms with Crippen molar-refractivity contribution in [2.45, 2.75) is 70.4 Å². The van der Waals surface area contributed by atoms with Crippen molar-refractivity contribution in [3.63, 3.8) is 0 Å². The largest absolute Gasteiger partial charge is 0.494 e. The van der Waals surface area contributed by atoms with Gasteiger partial charge in [-0.3, -0.25) is 0 Å². The van der Waals surface area contributed by atoms with Crippen molar-refractivity contribution in [3.8, 4) is 5.75 Å². The molecule has 2 fully saturated rings. The molecule has 5 heteroatoms. The molecule has 0 atom stereocenters. The number of hydrogen-bond acceptors (Lipinski definition) is 3. The van der Waals surface area contributed by atoms with Crippen molar-refractivity contribution in [2.75, 3.05) is 32.1 Å². The van der Waals surface area contributed by atoms with Crippen LogP contribution in [-0.2, 0) is 0 Å². The molecule has 1 saturated carbocycles. The fraction of sp³-hybridized carbons (Fsp3) is 0.682. The molecule has 3 rings (SSSR count). The average Bonchev–Trinajstić information content (AvgIpc) is 2.99. The molecule has 1 saturated heterocycles. The lowest BCUT2D eigenvalue weighted by atomic mass is 9.99. The van der Waals surface area contributed by atoms with Crippen molar-refractivity contribution in [1.29, 1.82) is 0 Å². The number of benzene rings is 1. The van der Waals surface area contributed by atoms with Gasteiger partial charge in [0.25, 0.3) is 0 Å². The van der Waals surface area contributed by atoms with E-state index in [0.29, 0.717) is 12.6 Å². The molecule has 0 spiro atoms. The third kappa shape index (κ3) is 5.82. The molecule has 1 heterocycles. The van der Waals surface area contributed by atoms with Crippen LogP contribution in [0.25, 0.3) is 0 Å². The maximum absolute atomic E-state index is 5.66. The van der Waals surface area contributed by atoms with Crippen molar-refractivity contribution in [3.05, 3.63) is 24.3 Å². The van der Waals surface area contributed by atoms with Crippen LogP contribution in [-0.4, -0.2) is 53.7 Å². The molecule has 4 nitrogen and oxygen atoms in total. The van der Waals surface area contributed by atoms with E-state index in [0.717, 1.165) is 35.7 Å². The first-order valence-electron chi connectivity index (χ1n) is 10.7. The Morgan fingerprint density at radius 2 is 1.63 bits per heavy atom. The number of hydrogen-bond donors (Lipinski definition) is 1. The average molecular weight is 390 g/mol. The Bertz CT molecular complexity index is 576. The second-order valence-corrected chi connectivity index (χ2v) is 8.30. The van der Waals surface area contributed by atoms with Gasteiger partial charge >= 0.3 is 0 Å². The van der Waals surface area contributed by atoms with Gasteiger partial charge in [0.1, 0.15) is 5.75 Å². The minimum atomic E-state index is 0.690. The van der Waals surface area contributed by atoms with Crippen molar-refractivity contribution in [2.24, 2.45) is 0 Å². The van der Waals surface area contributed by atoms with Gasteiger partial charge < -0.3 is 19.9 Å². The van der Waals surface area contributed by atoms with Crippen LogP contribution in [0.4, 0.5) is 5.69 Å². The highest BCUT2D eigenvalue weighted by molar-refractivity contribution is 7.80. The van der Waals surface area contributed by atoms with E-state index in [9.17, 15) is 0 Å². The van der Waals surface area contributed by atoms with Gasteiger partial charge in [0.2, 0.25) is 0 Å². The normalized spacial score (nSPS) is 19.7. The summed E-state index contributed by atoms with van der Waals surface area (Å²) in [6.45, 7) is 4.78. The first-order valence-corrected chi connectivity index (χ1v) is 11.1. The molecular weight excluding hydrogens is 354 g/mol. The van der Waals surface area contributed by atoms with E-state index in [1.54, 1.807) is 0 Å². The van der Waals surface area contributed by atoms with Crippen LogP contribution >= 0.6 is 12.2 Å². The van der Waals surface area contributed by atoms with Gasteiger partial charge in [-0.1, -0.05) is 25.7 Å². The van der Waals surface area contributed by atoms with Crippen LogP contribution in [0.3, 0.4) is 0 Å². The molecule has 2 aliphatic rings. The maximum atomic E-state index is 5.66. The van der Waals surface area contributed by atoms with Gasteiger partial charge in [0, 0.05) is 30.9 Å². The van der Waals surface area contributed by atoms with Crippen molar-refractivity contribution in [1.82, 2.24) is 9.80 Å². The zero-order valence-electron chi connectivity index (χ0n) is 17.0. The summed E-state index contributed by atoms with van der Waals surface area (Å²) in [5.41, 5.74) is 1.03. The minimum absolute atomic E-state index is 0.690. The van der Waals surface area contributed by atoms with Crippen molar-refractivity contribution >= 4 is 23.0 Å². The molecule has 0 unspecified atom stereocenters. The molecule has 0 amide bonds. The highest BCUT2D eigenvalue weighted by Gasteiger charge is 2.28. The van der Waals surface area contributed by atoms with Crippen LogP contribution in [0.15, 0.2) is 24.3 Å². The third-order valence-corrected chi connectivity index (χ3v) is 6.51. The zero-order valence-corrected chi connectivity index (χ0v) is 17.8. The van der Waals surface area contributed by atoms with E-state index in [1.807, 2.05) is 31.2 Å². The number of ether oxygens (including phenoxy) is 1. The summed E-state index contributed by atoms with van der Waals surface area (Å²) in [5, 5.41) is 4.23. The summed E-state index contributed by atoms with van der Waals surface area (Å²) in [7, 11) is 2.35. The molecule has 1 N–H and O–H groups in total. The predicted octanol–water partition coefficient (Wildman–Crippen LogP) is 4.90. The van der Waals surface area contributed by atoms with E-state index in [4.69, 9.17) is 17.0 Å². The Kier molecular flexibility index (Phi) is 7.77. The first kappa shape index (κ1) is 20.4. The molecule has 150 valence electrons. The predicted molar refractivity (Wildman–Crippen MR) is 118 cm³/mol. The van der Waals surface area contributed by atoms with Crippen molar-refractivity contribution < 1.29 is 4.74 Å². The lowest BCUT2D eigenvalue weighted by Gasteiger charge is -2.41. The number of anilines is 1. The summed E-state index contributed by atoms with van der Waals surface area (Å²) < 4.78 is 5.50. The molecule has 1 aromatic carbocycles. The van der Waals surface area contributed by atoms with Crippen LogP contribution in [0, 0.1) is 0 Å². The van der Waals surface area contributed by atoms with E-state index in [1.165, 1.54) is 51.4 Å². The maximum Gasteiger partial charge on any atom is 0.173 e. The van der Waals surface area contributed by atoms with Gasteiger partial charge in [-0.2, -0.15) is 0 Å². The highest BCUT2D eigenvalue weighted by atomic mass is 32.1. The topological polar surface area (TPSA) is 27.7 Å². The van der Waals surface area contributed by atoms with Gasteiger partial charge in [0.15, 0.2) is 5.11 Å². The standard InChI is InChI=1S/C22H35N3OS/c1-3-26-21-12-10-18(11-13-21)23-22(27)25-16-14-20(15-17-25)24(2)19-8-6-4-5-7-9-19/h10-13,19-20H,3-9,14-17H2,1-2H3,(H,23,27). The summed E-state index contributed by atoms with van der Waals surface area (Å²) in [4.78, 5) is 5.01. The second kappa shape index (κ2) is 10.3. The Hall–Kier alpha value is -1.33. The van der Waals surface area contributed by atoms with E-state index >= 15 is 0 Å². The summed E-state index contributed by atoms with van der Waals surface area (Å²) >= 11 is 5.66. The lowest BCUT2D eigenvalue weighted by Crippen LogP contribution is -2.49. The molecular formula is C22H35N3OS. The number of thiocarbonyl (C=S) groups is 1. The highest BCUT2D eigenvalue weighted by Crippen LogP contribution is 2.26. The van der Waals surface area contributed by atoms with Gasteiger partial charge in [-0.25, -0.2) is 0 Å². The second-order valence-electron chi connectivity index (χ2n) is 7.92. The van der Waals surface area contributed by atoms with Crippen LogP contribution in [0.2, 0.25) is 0 Å². The van der Waals surface area contributed by atoms with Gasteiger partial charge in [-0.05, 0) is 76.1 Å². The molecule has 1 aliphatic heterocycles. The number of piperidine rings is 1. The lowest BCUT2D eigenvalue weighted by molar-refractivity contribution is 0.111. The quantitative estimate of drug-likeness (QED) is 0.571. The minimum Gasteiger partial charge on any atom is -0.494 e. The Morgan fingerprint density at radius 3 is 2.22 bits per heavy atom. The van der Waals surface area contributed by atoms with E-state index in [2.05, 4.69) is 22.2 Å². The van der Waals surface area contributed by atoms with Gasteiger partial charge in [-0.15, -0.1) is 0 Å². The molecule has 0 aromatic heterocycles. The number of likely N-dealkylation sites (tertiary alicyclic amines) is 1. The molecule has 1 aliphatic carbocycles. The Morgan fingerprint density at radius 1 is 1.04 bits per heavy atom. The SMILES string of the molecule is CCOc1ccc(NC(=S)N2CCC(N(C)C3CCCCCC3)CC2)cc1. The molecule has 1 aromatic rings. The number of nitrogens with one attached hydrogen (secondary N) is 1. The molecule has 0 radical (unpaired) electrons. The van der Waals surface area contributed by atoms with E-state index < -0.39 is 0 Å². The smallest absolute Gasteiger partial charge is 0.173 e. The fourth-order valence-electron chi connectivity index (χ4n) is 4.44. The monoisotopic (exact) mass is 389 g/mol. The molecule has 27 heavy (non-hydrogen) atoms. The summed E-state index contributed by atoms with van der Waals surface area (Å²) in [6.07, 6.45) is 10.8. The first-order chi connectivity index (χ1) is 13.2. The zero-order chi connectivity index (χ0) is 19.1. The van der Waals surface area contributed by atoms with Crippen LogP contribution < -0.4 is 10.1 Å². The fourth-order valence-corrected chi connectivity index (χ4v) is 4.74. The Labute approximate surface area is 170 Å². The van der Waals surface area contributed by atoms with Crippen LogP contribution in [0.1, 0.15) is 58.3 Å². The number of rotatable bonds is 5.